The minimum Gasteiger partial charge on any atom is -0.508 e. The Kier molecular flexibility index (Phi) is 8.90. The molecule has 1 aliphatic heterocycles. The van der Waals surface area contributed by atoms with Gasteiger partial charge in [-0.1, -0.05) is 6.92 Å². The van der Waals surface area contributed by atoms with Crippen LogP contribution in [0.4, 0.5) is 0 Å². The van der Waals surface area contributed by atoms with E-state index in [1.54, 1.807) is 50.6 Å². The van der Waals surface area contributed by atoms with Crippen LogP contribution in [-0.2, 0) is 22.7 Å². The van der Waals surface area contributed by atoms with Crippen molar-refractivity contribution in [1.29, 1.82) is 0 Å². The molecule has 1 unspecified atom stereocenters. The van der Waals surface area contributed by atoms with Crippen molar-refractivity contribution in [2.45, 2.75) is 58.8 Å². The summed E-state index contributed by atoms with van der Waals surface area (Å²) in [6.07, 6.45) is 1.50. The van der Waals surface area contributed by atoms with Crippen molar-refractivity contribution >= 4 is 17.2 Å². The zero-order valence-corrected chi connectivity index (χ0v) is 20.6. The molecule has 0 fully saturated rings. The normalized spacial score (nSPS) is 12.5. The SMILES string of the molecule is C=C.CC(C)(C)O.CCC(C=O)c1cc2n(c(=O)c1COC)Cc1cc3cc(O)ccc3nc1-2. The number of carbonyl (C=O) groups excluding carboxylic acids is 1. The van der Waals surface area contributed by atoms with Gasteiger partial charge in [-0.25, -0.2) is 4.98 Å². The van der Waals surface area contributed by atoms with Crippen LogP contribution in [0.3, 0.4) is 0 Å². The highest BCUT2D eigenvalue weighted by Crippen LogP contribution is 2.35. The smallest absolute Gasteiger partial charge is 0.257 e. The molecule has 7 heteroatoms. The molecule has 1 aromatic carbocycles. The molecule has 7 nitrogen and oxygen atoms in total. The van der Waals surface area contributed by atoms with Crippen molar-refractivity contribution in [3.8, 4) is 17.1 Å². The predicted molar refractivity (Wildman–Crippen MR) is 135 cm³/mol. The summed E-state index contributed by atoms with van der Waals surface area (Å²) in [5, 5.41) is 19.1. The lowest BCUT2D eigenvalue weighted by molar-refractivity contribution is -0.109. The van der Waals surface area contributed by atoms with Crippen LogP contribution >= 0.6 is 0 Å². The number of hydrogen-bond acceptors (Lipinski definition) is 6. The first-order chi connectivity index (χ1) is 16.1. The summed E-state index contributed by atoms with van der Waals surface area (Å²) in [7, 11) is 1.54. The molecule has 34 heavy (non-hydrogen) atoms. The molecule has 0 saturated carbocycles. The van der Waals surface area contributed by atoms with Crippen molar-refractivity contribution in [2.75, 3.05) is 7.11 Å². The van der Waals surface area contributed by atoms with Crippen LogP contribution in [-0.4, -0.2) is 38.8 Å². The number of carbonyl (C=O) groups is 1. The topological polar surface area (TPSA) is 102 Å². The minimum atomic E-state index is -0.500. The van der Waals surface area contributed by atoms with Gasteiger partial charge in [0, 0.05) is 29.5 Å². The van der Waals surface area contributed by atoms with Crippen LogP contribution in [0, 0.1) is 0 Å². The summed E-state index contributed by atoms with van der Waals surface area (Å²) in [5.74, 6) is -0.173. The highest BCUT2D eigenvalue weighted by atomic mass is 16.5. The molecule has 0 aliphatic carbocycles. The molecule has 2 aromatic heterocycles. The third-order valence-corrected chi connectivity index (χ3v) is 5.18. The van der Waals surface area contributed by atoms with E-state index in [0.717, 1.165) is 34.1 Å². The number of aldehydes is 1. The monoisotopic (exact) mass is 466 g/mol. The van der Waals surface area contributed by atoms with Crippen molar-refractivity contribution in [2.24, 2.45) is 0 Å². The summed E-state index contributed by atoms with van der Waals surface area (Å²) in [6, 6.07) is 8.87. The van der Waals surface area contributed by atoms with E-state index in [-0.39, 0.29) is 23.8 Å². The largest absolute Gasteiger partial charge is 0.508 e. The molecule has 0 amide bonds. The van der Waals surface area contributed by atoms with Gasteiger partial charge in [-0.3, -0.25) is 4.79 Å². The number of aromatic hydroxyl groups is 1. The first kappa shape index (κ1) is 27.0. The molecule has 3 heterocycles. The van der Waals surface area contributed by atoms with Crippen molar-refractivity contribution in [1.82, 2.24) is 9.55 Å². The zero-order chi connectivity index (χ0) is 25.6. The van der Waals surface area contributed by atoms with Gasteiger partial charge < -0.3 is 24.3 Å². The Bertz CT molecular complexity index is 1220. The fourth-order valence-corrected chi connectivity index (χ4v) is 3.79. The number of aliphatic hydroxyl groups is 1. The molecule has 0 bridgehead atoms. The van der Waals surface area contributed by atoms with Crippen LogP contribution in [0.15, 0.2) is 48.3 Å². The van der Waals surface area contributed by atoms with Gasteiger partial charge in [0.2, 0.25) is 0 Å². The maximum Gasteiger partial charge on any atom is 0.257 e. The number of hydrogen-bond donors (Lipinski definition) is 2. The van der Waals surface area contributed by atoms with Gasteiger partial charge >= 0.3 is 0 Å². The Morgan fingerprint density at radius 2 is 1.88 bits per heavy atom. The van der Waals surface area contributed by atoms with Crippen LogP contribution in [0.5, 0.6) is 5.75 Å². The molecule has 0 spiro atoms. The van der Waals surface area contributed by atoms with E-state index < -0.39 is 5.60 Å². The lowest BCUT2D eigenvalue weighted by Crippen LogP contribution is -2.26. The fourth-order valence-electron chi connectivity index (χ4n) is 3.79. The van der Waals surface area contributed by atoms with Crippen LogP contribution in [0.1, 0.15) is 56.7 Å². The summed E-state index contributed by atoms with van der Waals surface area (Å²) in [6.45, 7) is 13.7. The Labute approximate surface area is 200 Å². The fraction of sp³-hybridized carbons (Fsp3) is 0.370. The first-order valence-electron chi connectivity index (χ1n) is 11.1. The Balaban J connectivity index is 0.000000520. The minimum absolute atomic E-state index is 0.144. The van der Waals surface area contributed by atoms with Crippen LogP contribution < -0.4 is 5.56 Å². The molecule has 3 aromatic rings. The Hall–Kier alpha value is -3.29. The van der Waals surface area contributed by atoms with Crippen molar-refractivity contribution in [3.63, 3.8) is 0 Å². The van der Waals surface area contributed by atoms with Gasteiger partial charge in [0.25, 0.3) is 5.56 Å². The molecule has 1 atom stereocenters. The number of aromatic nitrogens is 2. The Morgan fingerprint density at radius 3 is 2.44 bits per heavy atom. The number of pyridine rings is 2. The van der Waals surface area contributed by atoms with Gasteiger partial charge in [-0.15, -0.1) is 13.2 Å². The first-order valence-corrected chi connectivity index (χ1v) is 11.1. The third-order valence-electron chi connectivity index (χ3n) is 5.18. The van der Waals surface area contributed by atoms with E-state index in [4.69, 9.17) is 14.8 Å². The number of fused-ring (bicyclic) bond motifs is 4. The van der Waals surface area contributed by atoms with Gasteiger partial charge in [0.05, 0.1) is 35.7 Å². The predicted octanol–water partition coefficient (Wildman–Crippen LogP) is 4.55. The molecule has 2 N–H and O–H groups in total. The molecule has 0 radical (unpaired) electrons. The van der Waals surface area contributed by atoms with E-state index in [0.29, 0.717) is 24.1 Å². The average molecular weight is 467 g/mol. The maximum atomic E-state index is 13.1. The Morgan fingerprint density at radius 1 is 1.24 bits per heavy atom. The van der Waals surface area contributed by atoms with Gasteiger partial charge in [-0.2, -0.15) is 0 Å². The number of phenolic OH excluding ortho intramolecular Hbond substituents is 1. The van der Waals surface area contributed by atoms with Gasteiger partial charge in [-0.05, 0) is 63.1 Å². The number of rotatable bonds is 5. The summed E-state index contributed by atoms with van der Waals surface area (Å²) in [5.41, 5.74) is 3.73. The standard InChI is InChI=1S/C21H20N2O4.C4H10O.C2H4/c1-3-12(10-24)16-8-19-20-14(9-23(19)21(26)17(16)11-27-2)6-13-7-15(25)4-5-18(13)22-20;1-4(2,3)5;1-2/h4-8,10,12,25H,3,9,11H2,1-2H3;5H,1-3H3;1-2H2. The molecule has 1 aliphatic rings. The van der Waals surface area contributed by atoms with E-state index in [9.17, 15) is 14.7 Å². The maximum absolute atomic E-state index is 13.1. The average Bonchev–Trinajstić information content (AvgIpc) is 3.13. The quantitative estimate of drug-likeness (QED) is 0.331. The van der Waals surface area contributed by atoms with E-state index >= 15 is 0 Å². The summed E-state index contributed by atoms with van der Waals surface area (Å²) >= 11 is 0. The van der Waals surface area contributed by atoms with E-state index in [2.05, 4.69) is 13.2 Å². The number of benzene rings is 1. The summed E-state index contributed by atoms with van der Waals surface area (Å²) < 4.78 is 6.92. The number of phenols is 1. The number of ether oxygens (including phenoxy) is 1. The van der Waals surface area contributed by atoms with Gasteiger partial charge in [0.15, 0.2) is 0 Å². The molecule has 182 valence electrons. The molecular formula is C27H34N2O5. The molecule has 4 rings (SSSR count). The second-order valence-electron chi connectivity index (χ2n) is 8.98. The lowest BCUT2D eigenvalue weighted by atomic mass is 9.93. The number of methoxy groups -OCH3 is 1. The third kappa shape index (κ3) is 5.98. The second kappa shape index (κ2) is 11.2. The summed E-state index contributed by atoms with van der Waals surface area (Å²) in [4.78, 5) is 29.4. The van der Waals surface area contributed by atoms with E-state index in [1.165, 1.54) is 0 Å². The second-order valence-corrected chi connectivity index (χ2v) is 8.98. The zero-order valence-electron chi connectivity index (χ0n) is 20.6. The van der Waals surface area contributed by atoms with Crippen LogP contribution in [0.25, 0.3) is 22.3 Å². The van der Waals surface area contributed by atoms with Gasteiger partial charge in [0.1, 0.15) is 12.0 Å². The number of nitrogens with zero attached hydrogens (tertiary/aromatic N) is 2. The van der Waals surface area contributed by atoms with Crippen molar-refractivity contribution in [3.05, 3.63) is 70.5 Å². The van der Waals surface area contributed by atoms with E-state index in [1.807, 2.05) is 19.1 Å². The molecule has 0 saturated heterocycles. The lowest BCUT2D eigenvalue weighted by Gasteiger charge is -2.16. The van der Waals surface area contributed by atoms with Crippen molar-refractivity contribution < 1.29 is 19.7 Å². The highest BCUT2D eigenvalue weighted by molar-refractivity contribution is 5.85. The van der Waals surface area contributed by atoms with Crippen LogP contribution in [0.2, 0.25) is 0 Å². The molecular weight excluding hydrogens is 432 g/mol. The highest BCUT2D eigenvalue weighted by Gasteiger charge is 2.27.